The highest BCUT2D eigenvalue weighted by molar-refractivity contribution is 9.10. The summed E-state index contributed by atoms with van der Waals surface area (Å²) in [5, 5.41) is 0. The lowest BCUT2D eigenvalue weighted by Gasteiger charge is -2.16. The zero-order valence-corrected chi connectivity index (χ0v) is 10.6. The van der Waals surface area contributed by atoms with Crippen molar-refractivity contribution < 1.29 is 4.39 Å². The molecule has 1 aliphatic rings. The normalized spacial score (nSPS) is 17.4. The molecule has 1 unspecified atom stereocenters. The zero-order chi connectivity index (χ0) is 11.5. The number of hydrogen-bond donors (Lipinski definition) is 2. The van der Waals surface area contributed by atoms with Gasteiger partial charge in [-0.15, -0.1) is 0 Å². The van der Waals surface area contributed by atoms with Crippen molar-refractivity contribution in [2.24, 2.45) is 11.8 Å². The molecule has 1 atom stereocenters. The summed E-state index contributed by atoms with van der Waals surface area (Å²) in [5.41, 5.74) is 3.51. The van der Waals surface area contributed by atoms with E-state index in [0.29, 0.717) is 6.42 Å². The van der Waals surface area contributed by atoms with Crippen LogP contribution in [0.15, 0.2) is 22.7 Å². The predicted octanol–water partition coefficient (Wildman–Crippen LogP) is 2.76. The van der Waals surface area contributed by atoms with Crippen LogP contribution >= 0.6 is 15.9 Å². The van der Waals surface area contributed by atoms with Gasteiger partial charge in [-0.1, -0.05) is 28.8 Å². The van der Waals surface area contributed by atoms with Gasteiger partial charge in [0.05, 0.1) is 0 Å². The van der Waals surface area contributed by atoms with E-state index in [0.717, 1.165) is 22.4 Å². The molecule has 2 nitrogen and oxygen atoms in total. The Morgan fingerprint density at radius 1 is 1.50 bits per heavy atom. The molecule has 1 fully saturated rings. The van der Waals surface area contributed by atoms with Crippen LogP contribution in [0.2, 0.25) is 0 Å². The minimum atomic E-state index is -0.153. The van der Waals surface area contributed by atoms with Gasteiger partial charge in [-0.05, 0) is 42.5 Å². The van der Waals surface area contributed by atoms with E-state index in [4.69, 9.17) is 5.84 Å². The molecule has 0 heterocycles. The highest BCUT2D eigenvalue weighted by atomic mass is 79.9. The van der Waals surface area contributed by atoms with E-state index in [9.17, 15) is 4.39 Å². The second kappa shape index (κ2) is 5.25. The molecule has 0 aromatic heterocycles. The largest absolute Gasteiger partial charge is 0.271 e. The molecule has 1 aliphatic carbocycles. The van der Waals surface area contributed by atoms with Gasteiger partial charge >= 0.3 is 0 Å². The van der Waals surface area contributed by atoms with Gasteiger partial charge in [0.15, 0.2) is 0 Å². The molecule has 2 rings (SSSR count). The summed E-state index contributed by atoms with van der Waals surface area (Å²) >= 11 is 3.35. The van der Waals surface area contributed by atoms with Crippen molar-refractivity contribution in [3.8, 4) is 0 Å². The van der Waals surface area contributed by atoms with Crippen LogP contribution in [0.5, 0.6) is 0 Å². The van der Waals surface area contributed by atoms with Crippen LogP contribution in [0.1, 0.15) is 24.8 Å². The van der Waals surface area contributed by atoms with Crippen LogP contribution in [0.3, 0.4) is 0 Å². The maximum Gasteiger partial charge on any atom is 0.126 e. The Hall–Kier alpha value is -0.450. The number of rotatable bonds is 5. The number of nitrogens with one attached hydrogen (secondary N) is 1. The summed E-state index contributed by atoms with van der Waals surface area (Å²) in [4.78, 5) is 0. The van der Waals surface area contributed by atoms with Gasteiger partial charge in [0.25, 0.3) is 0 Å². The second-order valence-electron chi connectivity index (χ2n) is 4.48. The predicted molar refractivity (Wildman–Crippen MR) is 66.3 cm³/mol. The number of hydrogen-bond acceptors (Lipinski definition) is 2. The van der Waals surface area contributed by atoms with Crippen molar-refractivity contribution in [3.63, 3.8) is 0 Å². The second-order valence-corrected chi connectivity index (χ2v) is 5.40. The summed E-state index contributed by atoms with van der Waals surface area (Å²) in [6, 6.07) is 5.21. The fraction of sp³-hybridized carbons (Fsp3) is 0.500. The first-order valence-electron chi connectivity index (χ1n) is 5.59. The molecule has 0 bridgehead atoms. The maximum atomic E-state index is 13.5. The first-order valence-corrected chi connectivity index (χ1v) is 6.38. The molecule has 0 radical (unpaired) electrons. The van der Waals surface area contributed by atoms with Crippen LogP contribution in [0, 0.1) is 11.7 Å². The Labute approximate surface area is 104 Å². The van der Waals surface area contributed by atoms with E-state index in [1.54, 1.807) is 6.07 Å². The third-order valence-electron chi connectivity index (χ3n) is 3.02. The summed E-state index contributed by atoms with van der Waals surface area (Å²) < 4.78 is 14.4. The van der Waals surface area contributed by atoms with Crippen molar-refractivity contribution >= 4 is 15.9 Å². The van der Waals surface area contributed by atoms with Crippen molar-refractivity contribution in [1.82, 2.24) is 5.43 Å². The van der Waals surface area contributed by atoms with E-state index < -0.39 is 0 Å². The SMILES string of the molecule is NNC(Cc1cc(Br)ccc1F)CC1CC1. The van der Waals surface area contributed by atoms with Crippen LogP contribution in [-0.2, 0) is 6.42 Å². The molecule has 1 saturated carbocycles. The van der Waals surface area contributed by atoms with Crippen LogP contribution in [0.4, 0.5) is 4.39 Å². The molecule has 16 heavy (non-hydrogen) atoms. The van der Waals surface area contributed by atoms with Crippen LogP contribution in [-0.4, -0.2) is 6.04 Å². The molecule has 4 heteroatoms. The highest BCUT2D eigenvalue weighted by Crippen LogP contribution is 2.34. The lowest BCUT2D eigenvalue weighted by Crippen LogP contribution is -2.37. The summed E-state index contributed by atoms with van der Waals surface area (Å²) in [7, 11) is 0. The highest BCUT2D eigenvalue weighted by Gasteiger charge is 2.25. The number of nitrogens with two attached hydrogens (primary N) is 1. The Morgan fingerprint density at radius 3 is 2.88 bits per heavy atom. The van der Waals surface area contributed by atoms with Gasteiger partial charge in [-0.2, -0.15) is 0 Å². The number of hydrazine groups is 1. The average Bonchev–Trinajstić information content (AvgIpc) is 3.06. The number of halogens is 2. The van der Waals surface area contributed by atoms with E-state index >= 15 is 0 Å². The fourth-order valence-corrected chi connectivity index (χ4v) is 2.34. The standard InChI is InChI=1S/C12H16BrFN2/c13-10-3-4-12(14)9(6-10)7-11(16-15)5-8-1-2-8/h3-4,6,8,11,16H,1-2,5,7,15H2. The lowest BCUT2D eigenvalue weighted by molar-refractivity contribution is 0.457. The minimum absolute atomic E-state index is 0.153. The Kier molecular flexibility index (Phi) is 3.95. The monoisotopic (exact) mass is 286 g/mol. The van der Waals surface area contributed by atoms with Crippen LogP contribution < -0.4 is 11.3 Å². The molecular formula is C12H16BrFN2. The van der Waals surface area contributed by atoms with E-state index in [-0.39, 0.29) is 11.9 Å². The van der Waals surface area contributed by atoms with Crippen molar-refractivity contribution in [3.05, 3.63) is 34.1 Å². The molecule has 0 amide bonds. The quantitative estimate of drug-likeness (QED) is 0.645. The smallest absolute Gasteiger partial charge is 0.126 e. The maximum absolute atomic E-state index is 13.5. The van der Waals surface area contributed by atoms with Gasteiger partial charge in [0, 0.05) is 10.5 Å². The van der Waals surface area contributed by atoms with Crippen molar-refractivity contribution in [2.75, 3.05) is 0 Å². The van der Waals surface area contributed by atoms with E-state index in [2.05, 4.69) is 21.4 Å². The molecule has 1 aromatic rings. The first-order chi connectivity index (χ1) is 7.69. The van der Waals surface area contributed by atoms with Gasteiger partial charge in [0.1, 0.15) is 5.82 Å². The molecule has 0 spiro atoms. The lowest BCUT2D eigenvalue weighted by atomic mass is 10.0. The summed E-state index contributed by atoms with van der Waals surface area (Å²) in [5.74, 6) is 6.14. The van der Waals surface area contributed by atoms with Crippen molar-refractivity contribution in [2.45, 2.75) is 31.7 Å². The topological polar surface area (TPSA) is 38.0 Å². The fourth-order valence-electron chi connectivity index (χ4n) is 1.93. The van der Waals surface area contributed by atoms with E-state index in [1.165, 1.54) is 18.9 Å². The molecular weight excluding hydrogens is 271 g/mol. The summed E-state index contributed by atoms with van der Waals surface area (Å²) in [6.45, 7) is 0. The first kappa shape index (κ1) is 12.0. The average molecular weight is 287 g/mol. The van der Waals surface area contributed by atoms with E-state index in [1.807, 2.05) is 6.07 Å². The molecule has 0 saturated heterocycles. The van der Waals surface area contributed by atoms with Gasteiger partial charge in [0.2, 0.25) is 0 Å². The molecule has 1 aromatic carbocycles. The summed E-state index contributed by atoms with van der Waals surface area (Å²) in [6.07, 6.45) is 4.28. The van der Waals surface area contributed by atoms with Crippen molar-refractivity contribution in [1.29, 1.82) is 0 Å². The molecule has 0 aliphatic heterocycles. The van der Waals surface area contributed by atoms with Gasteiger partial charge in [-0.25, -0.2) is 4.39 Å². The molecule has 88 valence electrons. The van der Waals surface area contributed by atoms with Gasteiger partial charge < -0.3 is 0 Å². The van der Waals surface area contributed by atoms with Crippen LogP contribution in [0.25, 0.3) is 0 Å². The molecule has 3 N–H and O–H groups in total. The Morgan fingerprint density at radius 2 is 2.25 bits per heavy atom. The third-order valence-corrected chi connectivity index (χ3v) is 3.52. The Balaban J connectivity index is 2.01. The number of benzene rings is 1. The van der Waals surface area contributed by atoms with Gasteiger partial charge in [-0.3, -0.25) is 11.3 Å². The zero-order valence-electron chi connectivity index (χ0n) is 9.05. The Bertz CT molecular complexity index is 366. The third kappa shape index (κ3) is 3.27. The minimum Gasteiger partial charge on any atom is -0.271 e.